The summed E-state index contributed by atoms with van der Waals surface area (Å²) in [6.07, 6.45) is 2.73. The van der Waals surface area contributed by atoms with Crippen LogP contribution in [0.25, 0.3) is 11.0 Å². The van der Waals surface area contributed by atoms with Gasteiger partial charge < -0.3 is 9.15 Å². The molecule has 1 aromatic carbocycles. The summed E-state index contributed by atoms with van der Waals surface area (Å²) in [7, 11) is 0. The molecule has 0 bridgehead atoms. The number of halogens is 1. The van der Waals surface area contributed by atoms with Crippen molar-refractivity contribution >= 4 is 11.0 Å². The second-order valence-electron chi connectivity index (χ2n) is 4.22. The topological polar surface area (TPSA) is 52.3 Å². The van der Waals surface area contributed by atoms with E-state index < -0.39 is 5.95 Å². The Kier molecular flexibility index (Phi) is 3.16. The van der Waals surface area contributed by atoms with Crippen LogP contribution in [0.3, 0.4) is 0 Å². The van der Waals surface area contributed by atoms with Gasteiger partial charge >= 0.3 is 0 Å². The fraction of sp³-hybridized carbons (Fsp3) is 0.0667. The van der Waals surface area contributed by atoms with E-state index in [1.807, 2.05) is 0 Å². The van der Waals surface area contributed by atoms with Crippen molar-refractivity contribution < 1.29 is 13.5 Å². The maximum Gasteiger partial charge on any atom is 0.213 e. The summed E-state index contributed by atoms with van der Waals surface area (Å²) in [5.74, 6) is -0.0292. The molecule has 20 heavy (non-hydrogen) atoms. The molecule has 0 spiro atoms. The van der Waals surface area contributed by atoms with Gasteiger partial charge in [0.15, 0.2) is 5.43 Å². The molecule has 100 valence electrons. The van der Waals surface area contributed by atoms with Crippen LogP contribution in [-0.2, 0) is 6.61 Å². The SMILES string of the molecule is O=c1ccoc2ccc(OCc3ccnc(F)c3)cc12. The number of fused-ring (bicyclic) bond motifs is 1. The van der Waals surface area contributed by atoms with Crippen LogP contribution in [0.5, 0.6) is 5.75 Å². The Hall–Kier alpha value is -2.69. The van der Waals surface area contributed by atoms with Crippen LogP contribution in [0.4, 0.5) is 4.39 Å². The van der Waals surface area contributed by atoms with Gasteiger partial charge in [-0.3, -0.25) is 4.79 Å². The van der Waals surface area contributed by atoms with E-state index in [0.29, 0.717) is 22.3 Å². The zero-order valence-corrected chi connectivity index (χ0v) is 10.4. The lowest BCUT2D eigenvalue weighted by molar-refractivity contribution is 0.305. The third kappa shape index (κ3) is 2.51. The van der Waals surface area contributed by atoms with Crippen molar-refractivity contribution in [2.24, 2.45) is 0 Å². The summed E-state index contributed by atoms with van der Waals surface area (Å²) in [5, 5.41) is 0.450. The standard InChI is InChI=1S/C15H10FNO3/c16-15-7-10(3-5-17-15)9-20-11-1-2-14-12(8-11)13(18)4-6-19-14/h1-8H,9H2. The minimum atomic E-state index is -0.551. The van der Waals surface area contributed by atoms with Crippen LogP contribution in [0.2, 0.25) is 0 Å². The molecule has 0 amide bonds. The van der Waals surface area contributed by atoms with Gasteiger partial charge in [0, 0.05) is 12.3 Å². The molecule has 4 nitrogen and oxygen atoms in total. The van der Waals surface area contributed by atoms with E-state index in [1.165, 1.54) is 24.6 Å². The zero-order chi connectivity index (χ0) is 13.9. The van der Waals surface area contributed by atoms with E-state index in [2.05, 4.69) is 4.98 Å². The third-order valence-corrected chi connectivity index (χ3v) is 2.83. The van der Waals surface area contributed by atoms with E-state index in [1.54, 1.807) is 24.3 Å². The molecule has 2 aromatic heterocycles. The van der Waals surface area contributed by atoms with Gasteiger partial charge in [-0.25, -0.2) is 4.98 Å². The molecule has 0 aliphatic rings. The molecule has 0 aliphatic carbocycles. The number of ether oxygens (including phenoxy) is 1. The Labute approximate surface area is 113 Å². The number of rotatable bonds is 3. The van der Waals surface area contributed by atoms with Gasteiger partial charge in [-0.05, 0) is 35.9 Å². The summed E-state index contributed by atoms with van der Waals surface area (Å²) in [5.41, 5.74) is 1.03. The average Bonchev–Trinajstić information content (AvgIpc) is 2.46. The van der Waals surface area contributed by atoms with Gasteiger partial charge in [0.2, 0.25) is 5.95 Å². The van der Waals surface area contributed by atoms with Gasteiger partial charge in [0.1, 0.15) is 17.9 Å². The highest BCUT2D eigenvalue weighted by molar-refractivity contribution is 5.77. The molecule has 0 saturated heterocycles. The molecular weight excluding hydrogens is 261 g/mol. The molecule has 0 radical (unpaired) electrons. The summed E-state index contributed by atoms with van der Waals surface area (Å²) in [6, 6.07) is 9.29. The Balaban J connectivity index is 1.84. The Bertz CT molecular complexity index is 813. The first-order chi connectivity index (χ1) is 9.72. The number of hydrogen-bond donors (Lipinski definition) is 0. The van der Waals surface area contributed by atoms with Gasteiger partial charge in [-0.15, -0.1) is 0 Å². The van der Waals surface area contributed by atoms with Gasteiger partial charge in [-0.1, -0.05) is 0 Å². The van der Waals surface area contributed by atoms with Crippen LogP contribution in [0, 0.1) is 5.95 Å². The normalized spacial score (nSPS) is 10.7. The molecule has 0 fully saturated rings. The largest absolute Gasteiger partial charge is 0.489 e. The summed E-state index contributed by atoms with van der Waals surface area (Å²) < 4.78 is 23.7. The van der Waals surface area contributed by atoms with E-state index in [4.69, 9.17) is 9.15 Å². The lowest BCUT2D eigenvalue weighted by atomic mass is 10.2. The van der Waals surface area contributed by atoms with Crippen LogP contribution in [-0.4, -0.2) is 4.98 Å². The van der Waals surface area contributed by atoms with E-state index in [-0.39, 0.29) is 12.0 Å². The maximum atomic E-state index is 12.9. The Morgan fingerprint density at radius 1 is 1.20 bits per heavy atom. The number of hydrogen-bond acceptors (Lipinski definition) is 4. The van der Waals surface area contributed by atoms with Crippen LogP contribution in [0.1, 0.15) is 5.56 Å². The molecule has 0 aliphatic heterocycles. The first kappa shape index (κ1) is 12.3. The van der Waals surface area contributed by atoms with Crippen molar-refractivity contribution in [3.8, 4) is 5.75 Å². The summed E-state index contributed by atoms with van der Waals surface area (Å²) >= 11 is 0. The number of pyridine rings is 1. The molecule has 5 heteroatoms. The van der Waals surface area contributed by atoms with Crippen molar-refractivity contribution in [1.82, 2.24) is 4.98 Å². The molecule has 0 atom stereocenters. The molecular formula is C15H10FNO3. The highest BCUT2D eigenvalue weighted by atomic mass is 19.1. The maximum absolute atomic E-state index is 12.9. The van der Waals surface area contributed by atoms with Gasteiger partial charge in [0.25, 0.3) is 0 Å². The molecule has 3 aromatic rings. The predicted octanol–water partition coefficient (Wildman–Crippen LogP) is 2.91. The second-order valence-corrected chi connectivity index (χ2v) is 4.22. The highest BCUT2D eigenvalue weighted by Gasteiger charge is 2.03. The zero-order valence-electron chi connectivity index (χ0n) is 10.4. The molecule has 0 unspecified atom stereocenters. The number of aromatic nitrogens is 1. The molecule has 0 N–H and O–H groups in total. The average molecular weight is 271 g/mol. The van der Waals surface area contributed by atoms with E-state index in [9.17, 15) is 9.18 Å². The van der Waals surface area contributed by atoms with Crippen molar-refractivity contribution in [1.29, 1.82) is 0 Å². The van der Waals surface area contributed by atoms with Crippen molar-refractivity contribution in [3.05, 3.63) is 70.6 Å². The smallest absolute Gasteiger partial charge is 0.213 e. The van der Waals surface area contributed by atoms with Crippen molar-refractivity contribution in [2.75, 3.05) is 0 Å². The fourth-order valence-corrected chi connectivity index (χ4v) is 1.85. The first-order valence-corrected chi connectivity index (χ1v) is 5.97. The predicted molar refractivity (Wildman–Crippen MR) is 71.0 cm³/mol. The molecule has 3 rings (SSSR count). The first-order valence-electron chi connectivity index (χ1n) is 5.97. The minimum Gasteiger partial charge on any atom is -0.489 e. The number of nitrogens with zero attached hydrogens (tertiary/aromatic N) is 1. The summed E-state index contributed by atoms with van der Waals surface area (Å²) in [4.78, 5) is 15.1. The fourth-order valence-electron chi connectivity index (χ4n) is 1.85. The van der Waals surface area contributed by atoms with Crippen LogP contribution >= 0.6 is 0 Å². The van der Waals surface area contributed by atoms with Crippen LogP contribution < -0.4 is 10.2 Å². The Morgan fingerprint density at radius 2 is 2.10 bits per heavy atom. The lowest BCUT2D eigenvalue weighted by Crippen LogP contribution is -2.00. The quantitative estimate of drug-likeness (QED) is 0.687. The Morgan fingerprint density at radius 3 is 2.95 bits per heavy atom. The molecule has 2 heterocycles. The monoisotopic (exact) mass is 271 g/mol. The minimum absolute atomic E-state index is 0.133. The lowest BCUT2D eigenvalue weighted by Gasteiger charge is -2.06. The van der Waals surface area contributed by atoms with Gasteiger partial charge in [0.05, 0.1) is 11.6 Å². The molecule has 0 saturated carbocycles. The number of benzene rings is 1. The van der Waals surface area contributed by atoms with E-state index >= 15 is 0 Å². The third-order valence-electron chi connectivity index (χ3n) is 2.83. The highest BCUT2D eigenvalue weighted by Crippen LogP contribution is 2.19. The van der Waals surface area contributed by atoms with Crippen molar-refractivity contribution in [2.45, 2.75) is 6.61 Å². The summed E-state index contributed by atoms with van der Waals surface area (Å²) in [6.45, 7) is 0.198. The second kappa shape index (κ2) is 5.13. The van der Waals surface area contributed by atoms with Crippen molar-refractivity contribution in [3.63, 3.8) is 0 Å². The van der Waals surface area contributed by atoms with Crippen LogP contribution in [0.15, 0.2) is 58.1 Å². The van der Waals surface area contributed by atoms with E-state index in [0.717, 1.165) is 0 Å². The van der Waals surface area contributed by atoms with Gasteiger partial charge in [-0.2, -0.15) is 4.39 Å².